The molecule has 116 valence electrons. The zero-order chi connectivity index (χ0) is 15.8. The van der Waals surface area contributed by atoms with Crippen molar-refractivity contribution < 1.29 is 4.92 Å². The van der Waals surface area contributed by atoms with E-state index in [9.17, 15) is 10.1 Å². The van der Waals surface area contributed by atoms with Gasteiger partial charge in [-0.2, -0.15) is 0 Å². The summed E-state index contributed by atoms with van der Waals surface area (Å²) in [6, 6.07) is 14.8. The maximum atomic E-state index is 11.1. The molecule has 1 N–H and O–H groups in total. The van der Waals surface area contributed by atoms with Gasteiger partial charge in [-0.1, -0.05) is 56.2 Å². The van der Waals surface area contributed by atoms with E-state index < -0.39 is 0 Å². The fourth-order valence-corrected chi connectivity index (χ4v) is 2.41. The van der Waals surface area contributed by atoms with Crippen LogP contribution in [0.3, 0.4) is 0 Å². The summed E-state index contributed by atoms with van der Waals surface area (Å²) < 4.78 is 0. The molecule has 4 heteroatoms. The Bertz CT molecular complexity index is 609. The van der Waals surface area contributed by atoms with E-state index in [-0.39, 0.29) is 10.6 Å². The minimum Gasteiger partial charge on any atom is -0.313 e. The van der Waals surface area contributed by atoms with Crippen LogP contribution in [0.5, 0.6) is 0 Å². The summed E-state index contributed by atoms with van der Waals surface area (Å²) in [5, 5.41) is 14.5. The van der Waals surface area contributed by atoms with Gasteiger partial charge in [-0.15, -0.1) is 0 Å². The lowest BCUT2D eigenvalue weighted by Gasteiger charge is -2.07. The van der Waals surface area contributed by atoms with Gasteiger partial charge in [0.15, 0.2) is 0 Å². The molecule has 0 aromatic heterocycles. The molecule has 0 aliphatic rings. The molecule has 0 spiro atoms. The zero-order valence-corrected chi connectivity index (χ0v) is 12.9. The first-order chi connectivity index (χ1) is 10.7. The van der Waals surface area contributed by atoms with Crippen LogP contribution < -0.4 is 5.32 Å². The lowest BCUT2D eigenvalue weighted by Crippen LogP contribution is -2.14. The van der Waals surface area contributed by atoms with Gasteiger partial charge < -0.3 is 5.32 Å². The van der Waals surface area contributed by atoms with Crippen molar-refractivity contribution >= 4 is 5.69 Å². The number of nitrogens with zero attached hydrogens (tertiary/aromatic N) is 1. The lowest BCUT2D eigenvalue weighted by atomic mass is 10.0. The van der Waals surface area contributed by atoms with Gasteiger partial charge in [0.1, 0.15) is 0 Å². The Labute approximate surface area is 131 Å². The number of benzene rings is 2. The van der Waals surface area contributed by atoms with E-state index in [2.05, 4.69) is 12.2 Å². The van der Waals surface area contributed by atoms with E-state index in [0.717, 1.165) is 18.7 Å². The van der Waals surface area contributed by atoms with Crippen LogP contribution in [0.4, 0.5) is 5.69 Å². The molecular formula is C18H22N2O2. The number of hydrogen-bond donors (Lipinski definition) is 1. The predicted molar refractivity (Wildman–Crippen MR) is 89.8 cm³/mol. The van der Waals surface area contributed by atoms with E-state index in [0.29, 0.717) is 5.56 Å². The molecule has 2 rings (SSSR count). The van der Waals surface area contributed by atoms with Crippen LogP contribution >= 0.6 is 0 Å². The quantitative estimate of drug-likeness (QED) is 0.442. The van der Waals surface area contributed by atoms with Crippen molar-refractivity contribution in [2.45, 2.75) is 32.7 Å². The monoisotopic (exact) mass is 298 g/mol. The van der Waals surface area contributed by atoms with Gasteiger partial charge in [0.25, 0.3) is 5.69 Å². The standard InChI is InChI=1S/C18H22N2O2/c1-2-3-6-13-19-14-15-9-11-16(12-10-15)17-7-4-5-8-18(17)20(21)22/h4-5,7-12,19H,2-3,6,13-14H2,1H3. The molecule has 0 radical (unpaired) electrons. The highest BCUT2D eigenvalue weighted by Gasteiger charge is 2.13. The molecule has 0 saturated heterocycles. The second-order valence-electron chi connectivity index (χ2n) is 5.36. The summed E-state index contributed by atoms with van der Waals surface area (Å²) in [6.45, 7) is 4.06. The summed E-state index contributed by atoms with van der Waals surface area (Å²) in [7, 11) is 0. The van der Waals surface area contributed by atoms with E-state index in [1.54, 1.807) is 18.2 Å². The third kappa shape index (κ3) is 4.40. The third-order valence-electron chi connectivity index (χ3n) is 3.65. The Morgan fingerprint density at radius 1 is 1.05 bits per heavy atom. The number of hydrogen-bond acceptors (Lipinski definition) is 3. The molecular weight excluding hydrogens is 276 g/mol. The summed E-state index contributed by atoms with van der Waals surface area (Å²) in [5.74, 6) is 0. The number of nitro benzene ring substituents is 1. The van der Waals surface area contributed by atoms with Crippen molar-refractivity contribution in [1.29, 1.82) is 0 Å². The fraction of sp³-hybridized carbons (Fsp3) is 0.333. The average Bonchev–Trinajstić information content (AvgIpc) is 2.55. The average molecular weight is 298 g/mol. The van der Waals surface area contributed by atoms with Gasteiger partial charge in [0.2, 0.25) is 0 Å². The molecule has 4 nitrogen and oxygen atoms in total. The first-order valence-electron chi connectivity index (χ1n) is 7.76. The SMILES string of the molecule is CCCCCNCc1ccc(-c2ccccc2[N+](=O)[O-])cc1. The van der Waals surface area contributed by atoms with Crippen LogP contribution in [0.25, 0.3) is 11.1 Å². The summed E-state index contributed by atoms with van der Waals surface area (Å²) in [4.78, 5) is 10.8. The molecule has 0 unspecified atom stereocenters. The second-order valence-corrected chi connectivity index (χ2v) is 5.36. The van der Waals surface area contributed by atoms with Gasteiger partial charge in [0, 0.05) is 12.6 Å². The highest BCUT2D eigenvalue weighted by atomic mass is 16.6. The van der Waals surface area contributed by atoms with Crippen molar-refractivity contribution in [3.8, 4) is 11.1 Å². The summed E-state index contributed by atoms with van der Waals surface area (Å²) >= 11 is 0. The number of unbranched alkanes of at least 4 members (excludes halogenated alkanes) is 2. The topological polar surface area (TPSA) is 55.2 Å². The van der Waals surface area contributed by atoms with Crippen LogP contribution in [-0.4, -0.2) is 11.5 Å². The first kappa shape index (κ1) is 16.2. The van der Waals surface area contributed by atoms with Crippen molar-refractivity contribution in [1.82, 2.24) is 5.32 Å². The van der Waals surface area contributed by atoms with Crippen molar-refractivity contribution in [2.75, 3.05) is 6.54 Å². The second kappa shape index (κ2) is 8.29. The molecule has 0 aliphatic heterocycles. The molecule has 0 bridgehead atoms. The first-order valence-corrected chi connectivity index (χ1v) is 7.76. The lowest BCUT2D eigenvalue weighted by molar-refractivity contribution is -0.384. The largest absolute Gasteiger partial charge is 0.313 e. The minimum atomic E-state index is -0.335. The smallest absolute Gasteiger partial charge is 0.277 e. The minimum absolute atomic E-state index is 0.146. The molecule has 0 aliphatic carbocycles. The molecule has 0 heterocycles. The van der Waals surface area contributed by atoms with E-state index >= 15 is 0 Å². The number of para-hydroxylation sites is 1. The highest BCUT2D eigenvalue weighted by Crippen LogP contribution is 2.29. The Morgan fingerprint density at radius 2 is 1.77 bits per heavy atom. The van der Waals surface area contributed by atoms with Gasteiger partial charge >= 0.3 is 0 Å². The van der Waals surface area contributed by atoms with Crippen molar-refractivity contribution in [3.63, 3.8) is 0 Å². The Morgan fingerprint density at radius 3 is 2.45 bits per heavy atom. The molecule has 0 fully saturated rings. The van der Waals surface area contributed by atoms with Crippen molar-refractivity contribution in [3.05, 3.63) is 64.2 Å². The normalized spacial score (nSPS) is 10.6. The van der Waals surface area contributed by atoms with Gasteiger partial charge in [-0.3, -0.25) is 10.1 Å². The van der Waals surface area contributed by atoms with E-state index in [4.69, 9.17) is 0 Å². The van der Waals surface area contributed by atoms with Crippen LogP contribution in [-0.2, 0) is 6.54 Å². The van der Waals surface area contributed by atoms with E-state index in [1.807, 2.05) is 30.3 Å². The molecule has 22 heavy (non-hydrogen) atoms. The van der Waals surface area contributed by atoms with Gasteiger partial charge in [0.05, 0.1) is 10.5 Å². The zero-order valence-electron chi connectivity index (χ0n) is 12.9. The van der Waals surface area contributed by atoms with Crippen LogP contribution in [0.2, 0.25) is 0 Å². The predicted octanol–water partition coefficient (Wildman–Crippen LogP) is 4.54. The molecule has 0 atom stereocenters. The van der Waals surface area contributed by atoms with Gasteiger partial charge in [-0.05, 0) is 30.2 Å². The van der Waals surface area contributed by atoms with Crippen molar-refractivity contribution in [2.24, 2.45) is 0 Å². The Kier molecular flexibility index (Phi) is 6.10. The van der Waals surface area contributed by atoms with E-state index in [1.165, 1.54) is 24.8 Å². The number of nitro groups is 1. The number of rotatable bonds is 8. The van der Waals surface area contributed by atoms with Crippen LogP contribution in [0, 0.1) is 10.1 Å². The highest BCUT2D eigenvalue weighted by molar-refractivity contribution is 5.73. The molecule has 0 amide bonds. The molecule has 0 saturated carbocycles. The fourth-order valence-electron chi connectivity index (χ4n) is 2.41. The molecule has 2 aromatic rings. The summed E-state index contributed by atoms with van der Waals surface area (Å²) in [5.41, 5.74) is 2.88. The number of nitrogens with one attached hydrogen (secondary N) is 1. The molecule has 2 aromatic carbocycles. The van der Waals surface area contributed by atoms with Crippen LogP contribution in [0.1, 0.15) is 31.7 Å². The Hall–Kier alpha value is -2.20. The third-order valence-corrected chi connectivity index (χ3v) is 3.65. The maximum absolute atomic E-state index is 11.1. The maximum Gasteiger partial charge on any atom is 0.277 e. The van der Waals surface area contributed by atoms with Crippen LogP contribution in [0.15, 0.2) is 48.5 Å². The van der Waals surface area contributed by atoms with Gasteiger partial charge in [-0.25, -0.2) is 0 Å². The Balaban J connectivity index is 2.02. The summed E-state index contributed by atoms with van der Waals surface area (Å²) in [6.07, 6.45) is 3.68.